The quantitative estimate of drug-likeness (QED) is 0.854. The summed E-state index contributed by atoms with van der Waals surface area (Å²) in [6.45, 7) is 0.375. The van der Waals surface area contributed by atoms with Crippen molar-refractivity contribution in [2.75, 3.05) is 28.4 Å². The van der Waals surface area contributed by atoms with Crippen LogP contribution in [0.2, 0.25) is 0 Å². The number of nitrogens with one attached hydrogen (secondary N) is 1. The third kappa shape index (κ3) is 3.57. The zero-order valence-corrected chi connectivity index (χ0v) is 15.2. The van der Waals surface area contributed by atoms with Gasteiger partial charge in [0.25, 0.3) is 10.0 Å². The summed E-state index contributed by atoms with van der Waals surface area (Å²) in [5.41, 5.74) is 0.593. The van der Waals surface area contributed by atoms with Crippen molar-refractivity contribution in [1.82, 2.24) is 0 Å². The Morgan fingerprint density at radius 2 is 1.84 bits per heavy atom. The van der Waals surface area contributed by atoms with Crippen molar-refractivity contribution < 1.29 is 21.6 Å². The molecule has 1 aliphatic rings. The molecule has 7 nitrogen and oxygen atoms in total. The van der Waals surface area contributed by atoms with Gasteiger partial charge in [0.2, 0.25) is 10.0 Å². The van der Waals surface area contributed by atoms with E-state index in [9.17, 15) is 16.8 Å². The van der Waals surface area contributed by atoms with E-state index in [0.717, 1.165) is 0 Å². The number of sulfonamides is 2. The number of anilines is 2. The number of hydrogen-bond donors (Lipinski definition) is 1. The summed E-state index contributed by atoms with van der Waals surface area (Å²) in [6.07, 6.45) is 0.541. The van der Waals surface area contributed by atoms with Gasteiger partial charge in [0.15, 0.2) is 0 Å². The number of rotatable bonds is 5. The Hall–Kier alpha value is -2.26. The van der Waals surface area contributed by atoms with E-state index >= 15 is 0 Å². The molecule has 3 rings (SSSR count). The van der Waals surface area contributed by atoms with Gasteiger partial charge in [-0.05, 0) is 36.8 Å². The minimum absolute atomic E-state index is 0.0874. The molecule has 134 valence electrons. The van der Waals surface area contributed by atoms with Crippen molar-refractivity contribution in [3.63, 3.8) is 0 Å². The summed E-state index contributed by atoms with van der Waals surface area (Å²) in [4.78, 5) is 0.108. The predicted molar refractivity (Wildman–Crippen MR) is 96.0 cm³/mol. The standard InChI is InChI=1S/C16H18N2O5S2/c1-23-16-9-8-13(18-10-5-11-24(18,19)20)12-15(16)17-25(21,22)14-6-3-2-4-7-14/h2-4,6-9,12,17H,5,10-11H2,1H3. The third-order valence-corrected chi connectivity index (χ3v) is 7.12. The number of methoxy groups -OCH3 is 1. The van der Waals surface area contributed by atoms with Crippen LogP contribution in [0.1, 0.15) is 6.42 Å². The number of benzene rings is 2. The maximum atomic E-state index is 12.5. The SMILES string of the molecule is COc1ccc(N2CCCS2(=O)=O)cc1NS(=O)(=O)c1ccccc1. The molecule has 0 amide bonds. The van der Waals surface area contributed by atoms with Crippen LogP contribution in [0, 0.1) is 0 Å². The minimum Gasteiger partial charge on any atom is -0.495 e. The van der Waals surface area contributed by atoms with Crippen LogP contribution in [-0.4, -0.2) is 36.2 Å². The lowest BCUT2D eigenvalue weighted by Crippen LogP contribution is -2.25. The van der Waals surface area contributed by atoms with Gasteiger partial charge in [-0.3, -0.25) is 9.03 Å². The topological polar surface area (TPSA) is 92.8 Å². The van der Waals surface area contributed by atoms with Crippen LogP contribution in [0.5, 0.6) is 5.75 Å². The van der Waals surface area contributed by atoms with Crippen LogP contribution in [0.3, 0.4) is 0 Å². The first-order valence-corrected chi connectivity index (χ1v) is 10.7. The Bertz CT molecular complexity index is 973. The number of nitrogens with zero attached hydrogens (tertiary/aromatic N) is 1. The summed E-state index contributed by atoms with van der Waals surface area (Å²) in [5.74, 6) is 0.393. The second kappa shape index (κ2) is 6.57. The molecule has 0 atom stereocenters. The Kier molecular flexibility index (Phi) is 4.61. The van der Waals surface area contributed by atoms with E-state index in [1.807, 2.05) is 0 Å². The summed E-state index contributed by atoms with van der Waals surface area (Å²) >= 11 is 0. The monoisotopic (exact) mass is 382 g/mol. The van der Waals surface area contributed by atoms with Gasteiger partial charge in [0, 0.05) is 6.54 Å². The Balaban J connectivity index is 1.99. The van der Waals surface area contributed by atoms with Crippen LogP contribution in [0.15, 0.2) is 53.4 Å². The smallest absolute Gasteiger partial charge is 0.262 e. The van der Waals surface area contributed by atoms with E-state index in [0.29, 0.717) is 24.4 Å². The lowest BCUT2D eigenvalue weighted by molar-refractivity contribution is 0.417. The fraction of sp³-hybridized carbons (Fsp3) is 0.250. The van der Waals surface area contributed by atoms with Gasteiger partial charge < -0.3 is 4.74 Å². The van der Waals surface area contributed by atoms with E-state index in [-0.39, 0.29) is 16.3 Å². The molecule has 1 saturated heterocycles. The molecule has 9 heteroatoms. The van der Waals surface area contributed by atoms with Crippen molar-refractivity contribution in [2.45, 2.75) is 11.3 Å². The number of hydrogen-bond acceptors (Lipinski definition) is 5. The molecule has 0 aromatic heterocycles. The van der Waals surface area contributed by atoms with Crippen molar-refractivity contribution >= 4 is 31.4 Å². The lowest BCUT2D eigenvalue weighted by atomic mass is 10.2. The van der Waals surface area contributed by atoms with Gasteiger partial charge in [0.05, 0.1) is 29.1 Å². The molecule has 0 saturated carbocycles. The highest BCUT2D eigenvalue weighted by Gasteiger charge is 2.29. The van der Waals surface area contributed by atoms with Crippen molar-refractivity contribution in [2.24, 2.45) is 0 Å². The maximum Gasteiger partial charge on any atom is 0.262 e. The minimum atomic E-state index is -3.81. The maximum absolute atomic E-state index is 12.5. The zero-order valence-electron chi connectivity index (χ0n) is 13.5. The van der Waals surface area contributed by atoms with Crippen LogP contribution in [0.4, 0.5) is 11.4 Å². The zero-order chi connectivity index (χ0) is 18.1. The molecule has 1 aliphatic heterocycles. The Morgan fingerprint density at radius 3 is 2.44 bits per heavy atom. The molecular formula is C16H18N2O5S2. The first kappa shape index (κ1) is 17.6. The number of ether oxygens (including phenoxy) is 1. The third-order valence-electron chi connectivity index (χ3n) is 3.87. The van der Waals surface area contributed by atoms with E-state index in [2.05, 4.69) is 4.72 Å². The van der Waals surface area contributed by atoms with Crippen LogP contribution in [0.25, 0.3) is 0 Å². The van der Waals surface area contributed by atoms with Gasteiger partial charge in [-0.1, -0.05) is 18.2 Å². The summed E-state index contributed by atoms with van der Waals surface area (Å²) in [7, 11) is -5.75. The van der Waals surface area contributed by atoms with Gasteiger partial charge in [0.1, 0.15) is 5.75 Å². The highest BCUT2D eigenvalue weighted by molar-refractivity contribution is 7.93. The van der Waals surface area contributed by atoms with Gasteiger partial charge >= 0.3 is 0 Å². The van der Waals surface area contributed by atoms with Crippen molar-refractivity contribution in [1.29, 1.82) is 0 Å². The molecule has 0 aliphatic carbocycles. The predicted octanol–water partition coefficient (Wildman–Crippen LogP) is 2.04. The van der Waals surface area contributed by atoms with Gasteiger partial charge in [-0.25, -0.2) is 16.8 Å². The molecule has 0 unspecified atom stereocenters. The molecule has 2 aromatic rings. The molecule has 25 heavy (non-hydrogen) atoms. The average Bonchev–Trinajstić information content (AvgIpc) is 2.94. The van der Waals surface area contributed by atoms with Crippen molar-refractivity contribution in [3.05, 3.63) is 48.5 Å². The van der Waals surface area contributed by atoms with E-state index in [1.165, 1.54) is 29.6 Å². The summed E-state index contributed by atoms with van der Waals surface area (Å²) < 4.78 is 58.2. The summed E-state index contributed by atoms with van der Waals surface area (Å²) in [5, 5.41) is 0. The van der Waals surface area contributed by atoms with Crippen molar-refractivity contribution in [3.8, 4) is 5.75 Å². The highest BCUT2D eigenvalue weighted by atomic mass is 32.2. The molecule has 0 bridgehead atoms. The first-order chi connectivity index (χ1) is 11.8. The molecule has 2 aromatic carbocycles. The second-order valence-corrected chi connectivity index (χ2v) is 9.24. The highest BCUT2D eigenvalue weighted by Crippen LogP contribution is 2.33. The van der Waals surface area contributed by atoms with E-state index < -0.39 is 20.0 Å². The first-order valence-electron chi connectivity index (χ1n) is 7.60. The fourth-order valence-electron chi connectivity index (χ4n) is 2.66. The van der Waals surface area contributed by atoms with E-state index in [4.69, 9.17) is 4.74 Å². The van der Waals surface area contributed by atoms with Crippen LogP contribution in [-0.2, 0) is 20.0 Å². The molecular weight excluding hydrogens is 364 g/mol. The Labute approximate surface area is 147 Å². The van der Waals surface area contributed by atoms with Gasteiger partial charge in [-0.15, -0.1) is 0 Å². The second-order valence-electron chi connectivity index (χ2n) is 5.54. The summed E-state index contributed by atoms with van der Waals surface area (Å²) in [6, 6.07) is 12.5. The molecule has 0 spiro atoms. The van der Waals surface area contributed by atoms with Crippen LogP contribution < -0.4 is 13.8 Å². The van der Waals surface area contributed by atoms with Gasteiger partial charge in [-0.2, -0.15) is 0 Å². The molecule has 0 radical (unpaired) electrons. The lowest BCUT2D eigenvalue weighted by Gasteiger charge is -2.19. The largest absolute Gasteiger partial charge is 0.495 e. The average molecular weight is 382 g/mol. The fourth-order valence-corrected chi connectivity index (χ4v) is 5.30. The molecule has 1 fully saturated rings. The molecule has 1 N–H and O–H groups in total. The van der Waals surface area contributed by atoms with Crippen LogP contribution >= 0.6 is 0 Å². The van der Waals surface area contributed by atoms with E-state index in [1.54, 1.807) is 30.3 Å². The normalized spacial score (nSPS) is 16.6. The molecule has 1 heterocycles. The Morgan fingerprint density at radius 1 is 1.12 bits per heavy atom.